The summed E-state index contributed by atoms with van der Waals surface area (Å²) in [6, 6.07) is 4.30. The first-order chi connectivity index (χ1) is 16.3. The Hall–Kier alpha value is -3.20. The lowest BCUT2D eigenvalue weighted by molar-refractivity contribution is -0.110. The van der Waals surface area contributed by atoms with Crippen LogP contribution in [0.15, 0.2) is 18.2 Å². The number of carbonyl (C=O) groups is 3. The Morgan fingerprint density at radius 3 is 2.76 bits per heavy atom. The summed E-state index contributed by atoms with van der Waals surface area (Å²) in [4.78, 5) is 43.1. The van der Waals surface area contributed by atoms with Gasteiger partial charge in [0.15, 0.2) is 5.75 Å². The fourth-order valence-electron chi connectivity index (χ4n) is 3.86. The van der Waals surface area contributed by atoms with Gasteiger partial charge in [0, 0.05) is 31.1 Å². The monoisotopic (exact) mass is 491 g/mol. The van der Waals surface area contributed by atoms with Gasteiger partial charge in [-0.1, -0.05) is 24.6 Å². The van der Waals surface area contributed by atoms with E-state index in [0.29, 0.717) is 43.5 Å². The number of pyridine rings is 1. The van der Waals surface area contributed by atoms with Crippen molar-refractivity contribution in [3.05, 3.63) is 51.4 Å². The first-order valence-corrected chi connectivity index (χ1v) is 11.3. The van der Waals surface area contributed by atoms with Crippen molar-refractivity contribution in [1.82, 2.24) is 15.2 Å². The molecule has 3 rings (SSSR count). The molecule has 1 aliphatic heterocycles. The van der Waals surface area contributed by atoms with E-state index in [1.807, 2.05) is 6.92 Å². The molecule has 1 aromatic carbocycles. The number of aldehydes is 1. The average molecular weight is 492 g/mol. The summed E-state index contributed by atoms with van der Waals surface area (Å²) in [6.45, 7) is 2.73. The number of hydrogen-bond acceptors (Lipinski definition) is 6. The highest BCUT2D eigenvalue weighted by atomic mass is 35.5. The van der Waals surface area contributed by atoms with Crippen LogP contribution in [0.2, 0.25) is 5.02 Å². The van der Waals surface area contributed by atoms with Gasteiger partial charge in [0.2, 0.25) is 0 Å². The zero-order chi connectivity index (χ0) is 24.8. The number of fused-ring (bicyclic) bond motifs is 1. The van der Waals surface area contributed by atoms with Crippen molar-refractivity contribution >= 4 is 29.7 Å². The molecular formula is C24H27ClFN3O5. The zero-order valence-corrected chi connectivity index (χ0v) is 20.1. The number of aromatic nitrogens is 1. The second kappa shape index (κ2) is 11.3. The lowest BCUT2D eigenvalue weighted by Crippen LogP contribution is -2.39. The minimum atomic E-state index is -0.533. The number of nitrogens with one attached hydrogen (secondary N) is 1. The van der Waals surface area contributed by atoms with Crippen LogP contribution in [-0.2, 0) is 17.8 Å². The van der Waals surface area contributed by atoms with Gasteiger partial charge in [-0.3, -0.25) is 9.59 Å². The van der Waals surface area contributed by atoms with Crippen molar-refractivity contribution in [2.75, 3.05) is 27.3 Å². The lowest BCUT2D eigenvalue weighted by atomic mass is 9.95. The molecule has 182 valence electrons. The molecular weight excluding hydrogens is 465 g/mol. The Morgan fingerprint density at radius 1 is 1.35 bits per heavy atom. The number of benzene rings is 1. The standard InChI is InChI=1S/C24H27ClFN3O5/c1-14(13-30)5-4-9-27-22(31)20-16-8-10-29(12-15-6-7-18(26)17(25)11-15)24(32)19(16)21(33-2)23(28-20)34-3/h6-7,11,13-14H,4-5,8-10,12H2,1-3H3,(H,27,31). The topological polar surface area (TPSA) is 97.8 Å². The van der Waals surface area contributed by atoms with Gasteiger partial charge >= 0.3 is 0 Å². The first-order valence-electron chi connectivity index (χ1n) is 10.9. The molecule has 1 aromatic heterocycles. The van der Waals surface area contributed by atoms with Crippen molar-refractivity contribution in [1.29, 1.82) is 0 Å². The minimum absolute atomic E-state index is 0.0210. The summed E-state index contributed by atoms with van der Waals surface area (Å²) < 4.78 is 24.3. The van der Waals surface area contributed by atoms with Crippen molar-refractivity contribution in [3.8, 4) is 11.6 Å². The molecule has 0 saturated heterocycles. The van der Waals surface area contributed by atoms with Gasteiger partial charge in [-0.05, 0) is 37.0 Å². The van der Waals surface area contributed by atoms with Gasteiger partial charge in [-0.2, -0.15) is 0 Å². The number of halogens is 2. The second-order valence-corrected chi connectivity index (χ2v) is 8.50. The fraction of sp³-hybridized carbons (Fsp3) is 0.417. The third-order valence-electron chi connectivity index (χ3n) is 5.68. The van der Waals surface area contributed by atoms with E-state index in [9.17, 15) is 18.8 Å². The van der Waals surface area contributed by atoms with Gasteiger partial charge in [-0.15, -0.1) is 0 Å². The van der Waals surface area contributed by atoms with E-state index in [-0.39, 0.29) is 46.3 Å². The number of amides is 2. The summed E-state index contributed by atoms with van der Waals surface area (Å²) in [6.07, 6.45) is 2.54. The van der Waals surface area contributed by atoms with E-state index < -0.39 is 11.7 Å². The Kier molecular flexibility index (Phi) is 8.44. The summed E-state index contributed by atoms with van der Waals surface area (Å²) in [7, 11) is 2.78. The van der Waals surface area contributed by atoms with Crippen molar-refractivity contribution in [3.63, 3.8) is 0 Å². The molecule has 1 unspecified atom stereocenters. The van der Waals surface area contributed by atoms with Crippen LogP contribution in [0.4, 0.5) is 4.39 Å². The Bertz CT molecular complexity index is 1090. The first kappa shape index (κ1) is 25.4. The summed E-state index contributed by atoms with van der Waals surface area (Å²) in [5.74, 6) is -1.21. The van der Waals surface area contributed by atoms with Gasteiger partial charge in [0.25, 0.3) is 17.7 Å². The molecule has 0 aliphatic carbocycles. The van der Waals surface area contributed by atoms with E-state index >= 15 is 0 Å². The number of ether oxygens (including phenoxy) is 2. The van der Waals surface area contributed by atoms with E-state index in [2.05, 4.69) is 10.3 Å². The van der Waals surface area contributed by atoms with Crippen LogP contribution in [0.5, 0.6) is 11.6 Å². The Labute approximate surface area is 202 Å². The van der Waals surface area contributed by atoms with Crippen LogP contribution in [0.1, 0.15) is 51.7 Å². The van der Waals surface area contributed by atoms with Crippen LogP contribution in [-0.4, -0.2) is 55.3 Å². The maximum absolute atomic E-state index is 13.5. The van der Waals surface area contributed by atoms with Crippen LogP contribution < -0.4 is 14.8 Å². The molecule has 8 nitrogen and oxygen atoms in total. The van der Waals surface area contributed by atoms with E-state index in [1.54, 1.807) is 11.0 Å². The molecule has 0 bridgehead atoms. The normalized spacial score (nSPS) is 13.8. The average Bonchev–Trinajstić information content (AvgIpc) is 2.84. The van der Waals surface area contributed by atoms with Crippen LogP contribution >= 0.6 is 11.6 Å². The Morgan fingerprint density at radius 2 is 2.12 bits per heavy atom. The molecule has 0 fully saturated rings. The number of carbonyl (C=O) groups excluding carboxylic acids is 3. The number of rotatable bonds is 10. The molecule has 1 aliphatic rings. The smallest absolute Gasteiger partial charge is 0.270 e. The summed E-state index contributed by atoms with van der Waals surface area (Å²) in [5.41, 5.74) is 1.47. The molecule has 34 heavy (non-hydrogen) atoms. The minimum Gasteiger partial charge on any atom is -0.491 e. The van der Waals surface area contributed by atoms with Crippen molar-refractivity contribution in [2.45, 2.75) is 32.7 Å². The molecule has 0 radical (unpaired) electrons. The molecule has 0 saturated carbocycles. The SMILES string of the molecule is COc1nc(C(=O)NCCCC(C)C=O)c2c(c1OC)C(=O)N(Cc1ccc(F)c(Cl)c1)CC2. The van der Waals surface area contributed by atoms with E-state index in [4.69, 9.17) is 21.1 Å². The van der Waals surface area contributed by atoms with Crippen LogP contribution in [0.25, 0.3) is 0 Å². The maximum atomic E-state index is 13.5. The number of methoxy groups -OCH3 is 2. The molecule has 1 atom stereocenters. The van der Waals surface area contributed by atoms with Crippen LogP contribution in [0.3, 0.4) is 0 Å². The second-order valence-electron chi connectivity index (χ2n) is 8.09. The quantitative estimate of drug-likeness (QED) is 0.404. The van der Waals surface area contributed by atoms with Crippen molar-refractivity contribution in [2.24, 2.45) is 5.92 Å². The van der Waals surface area contributed by atoms with Crippen molar-refractivity contribution < 1.29 is 28.2 Å². The molecule has 1 N–H and O–H groups in total. The van der Waals surface area contributed by atoms with Crippen LogP contribution in [0, 0.1) is 11.7 Å². The largest absolute Gasteiger partial charge is 0.491 e. The predicted octanol–water partition coefficient (Wildman–Crippen LogP) is 3.43. The third-order valence-corrected chi connectivity index (χ3v) is 5.97. The molecule has 2 aromatic rings. The number of hydrogen-bond donors (Lipinski definition) is 1. The maximum Gasteiger partial charge on any atom is 0.270 e. The summed E-state index contributed by atoms with van der Waals surface area (Å²) >= 11 is 5.88. The fourth-order valence-corrected chi connectivity index (χ4v) is 4.06. The molecule has 0 spiro atoms. The zero-order valence-electron chi connectivity index (χ0n) is 19.3. The summed E-state index contributed by atoms with van der Waals surface area (Å²) in [5, 5.41) is 2.78. The predicted molar refractivity (Wildman–Crippen MR) is 124 cm³/mol. The van der Waals surface area contributed by atoms with E-state index in [1.165, 1.54) is 26.4 Å². The lowest BCUT2D eigenvalue weighted by Gasteiger charge is -2.31. The molecule has 2 heterocycles. The van der Waals surface area contributed by atoms with Gasteiger partial charge in [0.05, 0.1) is 24.8 Å². The van der Waals surface area contributed by atoms with Gasteiger partial charge < -0.3 is 24.5 Å². The highest BCUT2D eigenvalue weighted by molar-refractivity contribution is 6.30. The van der Waals surface area contributed by atoms with Gasteiger partial charge in [0.1, 0.15) is 17.8 Å². The van der Waals surface area contributed by atoms with Gasteiger partial charge in [-0.25, -0.2) is 9.37 Å². The highest BCUT2D eigenvalue weighted by Crippen LogP contribution is 2.37. The molecule has 2 amide bonds. The van der Waals surface area contributed by atoms with E-state index in [0.717, 1.165) is 6.29 Å². The Balaban J connectivity index is 1.88. The highest BCUT2D eigenvalue weighted by Gasteiger charge is 2.35. The third kappa shape index (κ3) is 5.47. The molecule has 10 heteroatoms. The number of nitrogens with zero attached hydrogens (tertiary/aromatic N) is 2.